The van der Waals surface area contributed by atoms with Crippen LogP contribution in [0.5, 0.6) is 0 Å². The highest BCUT2D eigenvalue weighted by Gasteiger charge is 2.17. The first-order chi connectivity index (χ1) is 7.28. The molecule has 16 heavy (non-hydrogen) atoms. The third-order valence-corrected chi connectivity index (χ3v) is 2.29. The Morgan fingerprint density at radius 1 is 1.56 bits per heavy atom. The van der Waals surface area contributed by atoms with Gasteiger partial charge in [-0.3, -0.25) is 15.4 Å². The summed E-state index contributed by atoms with van der Waals surface area (Å²) in [4.78, 5) is 21.2. The number of amides is 1. The average molecular weight is 244 g/mol. The number of ether oxygens (including phenoxy) is 1. The predicted molar refractivity (Wildman–Crippen MR) is 60.8 cm³/mol. The summed E-state index contributed by atoms with van der Waals surface area (Å²) >= 11 is 0.948. The first kappa shape index (κ1) is 12.4. The maximum atomic E-state index is 11.3. The molecule has 1 aromatic heterocycles. The summed E-state index contributed by atoms with van der Waals surface area (Å²) in [5.74, 6) is 0. The largest absolute Gasteiger partial charge is 0.444 e. The van der Waals surface area contributed by atoms with Gasteiger partial charge >= 0.3 is 11.1 Å². The molecule has 1 amide bonds. The van der Waals surface area contributed by atoms with E-state index >= 15 is 0 Å². The highest BCUT2D eigenvalue weighted by atomic mass is 32.1. The molecule has 0 radical (unpaired) electrons. The Labute approximate surface area is 96.4 Å². The minimum absolute atomic E-state index is 0.0222. The highest BCUT2D eigenvalue weighted by Crippen LogP contribution is 2.26. The summed E-state index contributed by atoms with van der Waals surface area (Å²) in [5, 5.41) is 14.3. The number of hydrogen-bond acceptors (Lipinski definition) is 5. The van der Waals surface area contributed by atoms with Crippen molar-refractivity contribution < 1.29 is 14.5 Å². The van der Waals surface area contributed by atoms with E-state index in [-0.39, 0.29) is 5.00 Å². The van der Waals surface area contributed by atoms with Gasteiger partial charge in [0.1, 0.15) is 5.60 Å². The van der Waals surface area contributed by atoms with Crippen molar-refractivity contribution in [1.82, 2.24) is 0 Å². The monoisotopic (exact) mass is 244 g/mol. The van der Waals surface area contributed by atoms with Crippen LogP contribution >= 0.6 is 11.3 Å². The molecule has 0 aromatic carbocycles. The molecule has 0 bridgehead atoms. The topological polar surface area (TPSA) is 81.5 Å². The molecule has 0 saturated heterocycles. The van der Waals surface area contributed by atoms with Crippen molar-refractivity contribution in [1.29, 1.82) is 0 Å². The van der Waals surface area contributed by atoms with E-state index < -0.39 is 16.6 Å². The second kappa shape index (κ2) is 4.48. The molecule has 0 aliphatic rings. The quantitative estimate of drug-likeness (QED) is 0.640. The lowest BCUT2D eigenvalue weighted by Gasteiger charge is -2.19. The standard InChI is InChI=1S/C9H12N2O4S/c1-9(2,3)15-8(12)10-6-4-7(11(13)14)16-5-6/h4-5H,1-3H3,(H,10,12). The van der Waals surface area contributed by atoms with Gasteiger partial charge in [0.15, 0.2) is 0 Å². The lowest BCUT2D eigenvalue weighted by atomic mass is 10.2. The van der Waals surface area contributed by atoms with E-state index in [0.717, 1.165) is 11.3 Å². The minimum Gasteiger partial charge on any atom is -0.444 e. The smallest absolute Gasteiger partial charge is 0.412 e. The van der Waals surface area contributed by atoms with Crippen LogP contribution in [0.15, 0.2) is 11.4 Å². The summed E-state index contributed by atoms with van der Waals surface area (Å²) in [7, 11) is 0. The Morgan fingerprint density at radius 3 is 2.62 bits per heavy atom. The molecule has 1 N–H and O–H groups in total. The molecule has 1 aromatic rings. The van der Waals surface area contributed by atoms with Gasteiger partial charge in [0.05, 0.1) is 16.7 Å². The van der Waals surface area contributed by atoms with Gasteiger partial charge < -0.3 is 4.74 Å². The molecule has 7 heteroatoms. The molecular formula is C9H12N2O4S. The van der Waals surface area contributed by atoms with Gasteiger partial charge in [0.2, 0.25) is 0 Å². The number of carbonyl (C=O) groups is 1. The minimum atomic E-state index is -0.625. The fourth-order valence-corrected chi connectivity index (χ4v) is 1.56. The van der Waals surface area contributed by atoms with Crippen LogP contribution in [0.3, 0.4) is 0 Å². The van der Waals surface area contributed by atoms with Gasteiger partial charge in [-0.2, -0.15) is 0 Å². The fourth-order valence-electron chi connectivity index (χ4n) is 0.908. The molecule has 0 aliphatic carbocycles. The highest BCUT2D eigenvalue weighted by molar-refractivity contribution is 7.13. The van der Waals surface area contributed by atoms with Gasteiger partial charge in [-0.25, -0.2) is 4.79 Å². The normalized spacial score (nSPS) is 10.9. The zero-order valence-electron chi connectivity index (χ0n) is 9.14. The van der Waals surface area contributed by atoms with Gasteiger partial charge in [0.25, 0.3) is 0 Å². The summed E-state index contributed by atoms with van der Waals surface area (Å²) in [5.41, 5.74) is -0.225. The number of rotatable bonds is 2. The lowest BCUT2D eigenvalue weighted by Crippen LogP contribution is -2.27. The van der Waals surface area contributed by atoms with Crippen molar-refractivity contribution in [2.75, 3.05) is 5.32 Å². The Hall–Kier alpha value is -1.63. The van der Waals surface area contributed by atoms with Crippen LogP contribution in [0.25, 0.3) is 0 Å². The second-order valence-electron chi connectivity index (χ2n) is 4.06. The Kier molecular flexibility index (Phi) is 3.48. The van der Waals surface area contributed by atoms with Crippen LogP contribution < -0.4 is 5.32 Å². The zero-order valence-corrected chi connectivity index (χ0v) is 9.96. The van der Waals surface area contributed by atoms with Gasteiger partial charge in [-0.15, -0.1) is 0 Å². The van der Waals surface area contributed by atoms with E-state index in [1.165, 1.54) is 11.4 Å². The maximum absolute atomic E-state index is 11.3. The molecule has 88 valence electrons. The first-order valence-electron chi connectivity index (χ1n) is 4.51. The number of nitro groups is 1. The third kappa shape index (κ3) is 3.85. The van der Waals surface area contributed by atoms with E-state index in [1.54, 1.807) is 20.8 Å². The molecule has 0 unspecified atom stereocenters. The number of nitrogens with zero attached hydrogens (tertiary/aromatic N) is 1. The third-order valence-electron chi connectivity index (χ3n) is 1.41. The molecule has 0 aliphatic heterocycles. The van der Waals surface area contributed by atoms with Crippen molar-refractivity contribution in [3.8, 4) is 0 Å². The number of hydrogen-bond donors (Lipinski definition) is 1. The van der Waals surface area contributed by atoms with Crippen LogP contribution in [0, 0.1) is 10.1 Å². The number of carbonyl (C=O) groups excluding carboxylic acids is 1. The molecule has 1 heterocycles. The Morgan fingerprint density at radius 2 is 2.19 bits per heavy atom. The SMILES string of the molecule is CC(C)(C)OC(=O)Nc1csc([N+](=O)[O-])c1. The van der Waals surface area contributed by atoms with Crippen LogP contribution in [0.2, 0.25) is 0 Å². The van der Waals surface area contributed by atoms with Crippen molar-refractivity contribution in [3.05, 3.63) is 21.6 Å². The fraction of sp³-hybridized carbons (Fsp3) is 0.444. The summed E-state index contributed by atoms with van der Waals surface area (Å²) < 4.78 is 5.00. The number of nitrogens with one attached hydrogen (secondary N) is 1. The van der Waals surface area contributed by atoms with Crippen LogP contribution in [-0.2, 0) is 4.74 Å². The Balaban J connectivity index is 2.60. The van der Waals surface area contributed by atoms with E-state index in [2.05, 4.69) is 5.32 Å². The van der Waals surface area contributed by atoms with Crippen LogP contribution in [0.4, 0.5) is 15.5 Å². The Bertz CT molecular complexity index is 408. The zero-order chi connectivity index (χ0) is 12.3. The lowest BCUT2D eigenvalue weighted by molar-refractivity contribution is -0.380. The molecule has 0 atom stereocenters. The van der Waals surface area contributed by atoms with E-state index in [4.69, 9.17) is 4.74 Å². The van der Waals surface area contributed by atoms with Gasteiger partial charge in [-0.05, 0) is 20.8 Å². The van der Waals surface area contributed by atoms with Crippen LogP contribution in [0.1, 0.15) is 20.8 Å². The first-order valence-corrected chi connectivity index (χ1v) is 5.39. The van der Waals surface area contributed by atoms with Crippen molar-refractivity contribution >= 4 is 28.1 Å². The predicted octanol–water partition coefficient (Wildman–Crippen LogP) is 3.00. The number of thiophene rings is 1. The summed E-state index contributed by atoms with van der Waals surface area (Å²) in [6.07, 6.45) is -0.625. The molecular weight excluding hydrogens is 232 g/mol. The molecule has 1 rings (SSSR count). The van der Waals surface area contributed by atoms with E-state index in [1.807, 2.05) is 0 Å². The van der Waals surface area contributed by atoms with E-state index in [9.17, 15) is 14.9 Å². The van der Waals surface area contributed by atoms with Crippen molar-refractivity contribution in [2.45, 2.75) is 26.4 Å². The van der Waals surface area contributed by atoms with Crippen molar-refractivity contribution in [3.63, 3.8) is 0 Å². The van der Waals surface area contributed by atoms with Crippen LogP contribution in [-0.4, -0.2) is 16.6 Å². The molecule has 0 fully saturated rings. The van der Waals surface area contributed by atoms with Crippen molar-refractivity contribution in [2.24, 2.45) is 0 Å². The van der Waals surface area contributed by atoms with E-state index in [0.29, 0.717) is 5.69 Å². The molecule has 0 saturated carbocycles. The average Bonchev–Trinajstić information content (AvgIpc) is 2.48. The number of anilines is 1. The van der Waals surface area contributed by atoms with Gasteiger partial charge in [-0.1, -0.05) is 11.3 Å². The van der Waals surface area contributed by atoms with Gasteiger partial charge in [0, 0.05) is 5.38 Å². The summed E-state index contributed by atoms with van der Waals surface area (Å²) in [6, 6.07) is 1.29. The maximum Gasteiger partial charge on any atom is 0.412 e. The molecule has 0 spiro atoms. The summed E-state index contributed by atoms with van der Waals surface area (Å²) in [6.45, 7) is 5.22. The second-order valence-corrected chi connectivity index (χ2v) is 4.95. The molecule has 6 nitrogen and oxygen atoms in total.